The molecule has 1 atom stereocenters. The van der Waals surface area contributed by atoms with Gasteiger partial charge in [0.2, 0.25) is 5.89 Å². The van der Waals surface area contributed by atoms with Crippen molar-refractivity contribution >= 4 is 27.4 Å². The van der Waals surface area contributed by atoms with E-state index in [-0.39, 0.29) is 6.04 Å². The number of nitrogens with two attached hydrogens (primary N) is 1. The van der Waals surface area contributed by atoms with Gasteiger partial charge in [0.25, 0.3) is 0 Å². The summed E-state index contributed by atoms with van der Waals surface area (Å²) in [5.74, 6) is 2.48. The number of aromatic nitrogens is 4. The normalized spacial score (nSPS) is 15.6. The summed E-state index contributed by atoms with van der Waals surface area (Å²) in [6, 6.07) is -0.0664. The highest BCUT2D eigenvalue weighted by Crippen LogP contribution is 2.37. The fourth-order valence-electron chi connectivity index (χ4n) is 3.13. The molecule has 24 heavy (non-hydrogen) atoms. The summed E-state index contributed by atoms with van der Waals surface area (Å²) in [7, 11) is 0. The van der Waals surface area contributed by atoms with Gasteiger partial charge in [0, 0.05) is 4.88 Å². The molecular weight excluding hydrogens is 324 g/mol. The van der Waals surface area contributed by atoms with Crippen molar-refractivity contribution in [3.63, 3.8) is 0 Å². The van der Waals surface area contributed by atoms with Crippen LogP contribution in [0.4, 0.5) is 5.82 Å². The number of thiophene rings is 1. The van der Waals surface area contributed by atoms with Crippen molar-refractivity contribution in [2.45, 2.75) is 52.1 Å². The molecule has 3 aromatic rings. The lowest BCUT2D eigenvalue weighted by Gasteiger charge is -2.11. The average molecular weight is 344 g/mol. The van der Waals surface area contributed by atoms with Crippen molar-refractivity contribution in [1.82, 2.24) is 25.4 Å². The van der Waals surface area contributed by atoms with Crippen LogP contribution in [0.5, 0.6) is 0 Å². The van der Waals surface area contributed by atoms with Crippen molar-refractivity contribution < 1.29 is 4.52 Å². The summed E-state index contributed by atoms with van der Waals surface area (Å²) in [5, 5.41) is 8.19. The summed E-state index contributed by atoms with van der Waals surface area (Å²) in [6.45, 7) is 4.28. The minimum atomic E-state index is -0.0664. The Hall–Kier alpha value is -2.06. The highest BCUT2D eigenvalue weighted by atomic mass is 32.1. The molecule has 1 aliphatic rings. The number of nitrogen functional groups attached to an aromatic ring is 1. The van der Waals surface area contributed by atoms with Gasteiger partial charge in [-0.3, -0.25) is 5.32 Å². The van der Waals surface area contributed by atoms with Crippen molar-refractivity contribution in [2.24, 2.45) is 0 Å². The maximum atomic E-state index is 6.23. The predicted molar refractivity (Wildman–Crippen MR) is 92.8 cm³/mol. The van der Waals surface area contributed by atoms with Crippen LogP contribution in [-0.4, -0.2) is 20.1 Å². The lowest BCUT2D eigenvalue weighted by Crippen LogP contribution is -2.20. The van der Waals surface area contributed by atoms with Gasteiger partial charge in [0.1, 0.15) is 16.5 Å². The molecule has 0 saturated heterocycles. The largest absolute Gasteiger partial charge is 0.383 e. The Morgan fingerprint density at radius 1 is 1.25 bits per heavy atom. The minimum Gasteiger partial charge on any atom is -0.383 e. The van der Waals surface area contributed by atoms with E-state index in [1.54, 1.807) is 18.3 Å². The number of hydrogen-bond acceptors (Lipinski definition) is 8. The van der Waals surface area contributed by atoms with Crippen LogP contribution in [0.15, 0.2) is 4.52 Å². The molecule has 0 bridgehead atoms. The molecule has 0 amide bonds. The molecule has 0 aliphatic heterocycles. The van der Waals surface area contributed by atoms with Crippen LogP contribution < -0.4 is 11.1 Å². The number of hydrogen-bond donors (Lipinski definition) is 2. The molecule has 126 valence electrons. The molecule has 4 rings (SSSR count). The molecule has 0 spiro atoms. The number of nitrogens with zero attached hydrogens (tertiary/aromatic N) is 4. The zero-order valence-corrected chi connectivity index (χ0v) is 14.6. The highest BCUT2D eigenvalue weighted by Gasteiger charge is 2.20. The molecule has 7 nitrogen and oxygen atoms in total. The summed E-state index contributed by atoms with van der Waals surface area (Å²) < 4.78 is 5.18. The zero-order chi connectivity index (χ0) is 16.7. The van der Waals surface area contributed by atoms with Gasteiger partial charge in [0.15, 0.2) is 5.82 Å². The second kappa shape index (κ2) is 6.10. The van der Waals surface area contributed by atoms with Crippen molar-refractivity contribution in [3.8, 4) is 0 Å². The summed E-state index contributed by atoms with van der Waals surface area (Å²) in [5.41, 5.74) is 7.60. The van der Waals surface area contributed by atoms with Gasteiger partial charge in [-0.15, -0.1) is 11.3 Å². The predicted octanol–water partition coefficient (Wildman–Crippen LogP) is 2.69. The standard InChI is InChI=1S/C16H20N6OS/c1-8(15-19-9(2)22-23-15)18-7-12-20-14(17)13-10-5-3-4-6-11(10)24-16(13)21-12/h8,18H,3-7H2,1-2H3,(H2,17,20,21). The molecule has 0 fully saturated rings. The van der Waals surface area contributed by atoms with E-state index in [1.165, 1.54) is 23.3 Å². The molecule has 0 aromatic carbocycles. The molecule has 0 saturated carbocycles. The van der Waals surface area contributed by atoms with Crippen LogP contribution in [0.3, 0.4) is 0 Å². The van der Waals surface area contributed by atoms with E-state index < -0.39 is 0 Å². The van der Waals surface area contributed by atoms with Gasteiger partial charge in [-0.25, -0.2) is 9.97 Å². The monoisotopic (exact) mass is 344 g/mol. The number of rotatable bonds is 4. The Morgan fingerprint density at radius 3 is 2.88 bits per heavy atom. The minimum absolute atomic E-state index is 0.0664. The van der Waals surface area contributed by atoms with Crippen LogP contribution >= 0.6 is 11.3 Å². The molecular formula is C16H20N6OS. The second-order valence-corrected chi connectivity index (χ2v) is 7.28. The van der Waals surface area contributed by atoms with Crippen molar-refractivity contribution in [1.29, 1.82) is 0 Å². The summed E-state index contributed by atoms with van der Waals surface area (Å²) >= 11 is 1.76. The van der Waals surface area contributed by atoms with Crippen molar-refractivity contribution in [2.75, 3.05) is 5.73 Å². The van der Waals surface area contributed by atoms with Gasteiger partial charge in [-0.05, 0) is 45.1 Å². The first-order valence-corrected chi connectivity index (χ1v) is 9.03. The van der Waals surface area contributed by atoms with E-state index in [2.05, 4.69) is 20.4 Å². The Balaban J connectivity index is 1.56. The van der Waals surface area contributed by atoms with Gasteiger partial charge < -0.3 is 10.3 Å². The van der Waals surface area contributed by atoms with E-state index in [9.17, 15) is 0 Å². The molecule has 1 unspecified atom stereocenters. The Bertz CT molecular complexity index is 886. The third-order valence-electron chi connectivity index (χ3n) is 4.37. The van der Waals surface area contributed by atoms with Crippen molar-refractivity contribution in [3.05, 3.63) is 28.0 Å². The SMILES string of the molecule is Cc1noc(C(C)NCc2nc(N)c3c4c(sc3n2)CCCC4)n1. The van der Waals surface area contributed by atoms with E-state index in [0.717, 1.165) is 23.1 Å². The molecule has 3 N–H and O–H groups in total. The van der Waals surface area contributed by atoms with Crippen LogP contribution in [0, 0.1) is 6.92 Å². The number of anilines is 1. The van der Waals surface area contributed by atoms with Crippen LogP contribution in [0.25, 0.3) is 10.2 Å². The molecule has 3 heterocycles. The molecule has 8 heteroatoms. The summed E-state index contributed by atoms with van der Waals surface area (Å²) in [6.07, 6.45) is 4.70. The van der Waals surface area contributed by atoms with E-state index in [1.807, 2.05) is 6.92 Å². The first-order valence-electron chi connectivity index (χ1n) is 8.22. The molecule has 3 aromatic heterocycles. The Morgan fingerprint density at radius 2 is 2.08 bits per heavy atom. The van der Waals surface area contributed by atoms with Crippen LogP contribution in [0.1, 0.15) is 53.8 Å². The van der Waals surface area contributed by atoms with Crippen LogP contribution in [0.2, 0.25) is 0 Å². The lowest BCUT2D eigenvalue weighted by atomic mass is 9.97. The van der Waals surface area contributed by atoms with Crippen LogP contribution in [-0.2, 0) is 19.4 Å². The fourth-order valence-corrected chi connectivity index (χ4v) is 4.42. The summed E-state index contributed by atoms with van der Waals surface area (Å²) in [4.78, 5) is 15.9. The van der Waals surface area contributed by atoms with E-state index >= 15 is 0 Å². The highest BCUT2D eigenvalue weighted by molar-refractivity contribution is 7.19. The Labute approximate surface area is 143 Å². The van der Waals surface area contributed by atoms with Gasteiger partial charge in [0.05, 0.1) is 18.0 Å². The third-order valence-corrected chi connectivity index (χ3v) is 5.55. The average Bonchev–Trinajstić information content (AvgIpc) is 3.16. The fraction of sp³-hybridized carbons (Fsp3) is 0.500. The Kier molecular flexibility index (Phi) is 3.93. The first-order chi connectivity index (χ1) is 11.6. The number of nitrogens with one attached hydrogen (secondary N) is 1. The lowest BCUT2D eigenvalue weighted by molar-refractivity contribution is 0.335. The van der Waals surface area contributed by atoms with E-state index in [0.29, 0.717) is 29.9 Å². The van der Waals surface area contributed by atoms with E-state index in [4.69, 9.17) is 15.2 Å². The third kappa shape index (κ3) is 2.76. The topological polar surface area (TPSA) is 103 Å². The second-order valence-electron chi connectivity index (χ2n) is 6.20. The zero-order valence-electron chi connectivity index (χ0n) is 13.8. The smallest absolute Gasteiger partial charge is 0.243 e. The van der Waals surface area contributed by atoms with Gasteiger partial charge in [-0.2, -0.15) is 4.98 Å². The quantitative estimate of drug-likeness (QED) is 0.750. The van der Waals surface area contributed by atoms with Gasteiger partial charge in [-0.1, -0.05) is 5.16 Å². The number of fused-ring (bicyclic) bond motifs is 3. The molecule has 0 radical (unpaired) electrons. The maximum absolute atomic E-state index is 6.23. The molecule has 1 aliphatic carbocycles. The number of aryl methyl sites for hydroxylation is 3. The first kappa shape index (κ1) is 15.5. The maximum Gasteiger partial charge on any atom is 0.243 e. The van der Waals surface area contributed by atoms with Gasteiger partial charge >= 0.3 is 0 Å².